The van der Waals surface area contributed by atoms with Gasteiger partial charge in [-0.05, 0) is 35.7 Å². The van der Waals surface area contributed by atoms with Crippen molar-refractivity contribution in [2.45, 2.75) is 26.2 Å². The Bertz CT molecular complexity index is 2520. The van der Waals surface area contributed by atoms with E-state index in [0.717, 1.165) is 21.9 Å². The van der Waals surface area contributed by atoms with Gasteiger partial charge in [0.2, 0.25) is 0 Å². The molecular formula is C37H29ClN10O6S2. The number of anilines is 2. The molecule has 0 unspecified atom stereocenters. The van der Waals surface area contributed by atoms with Crippen molar-refractivity contribution in [3.8, 4) is 28.1 Å². The van der Waals surface area contributed by atoms with E-state index in [1.165, 1.54) is 67.0 Å². The minimum atomic E-state index is -1.16. The number of nitrogens with one attached hydrogen (secondary N) is 2. The lowest BCUT2D eigenvalue weighted by Gasteiger charge is -2.18. The number of carbonyl (C=O) groups excluding carboxylic acids is 2. The molecule has 0 saturated carbocycles. The Hall–Kier alpha value is -6.76. The van der Waals surface area contributed by atoms with E-state index in [4.69, 9.17) is 11.6 Å². The Morgan fingerprint density at radius 1 is 0.768 bits per heavy atom. The van der Waals surface area contributed by atoms with Gasteiger partial charge in [-0.25, -0.2) is 19.3 Å². The lowest BCUT2D eigenvalue weighted by atomic mass is 9.88. The predicted molar refractivity (Wildman–Crippen MR) is 210 cm³/mol. The first kappa shape index (κ1) is 38.9. The van der Waals surface area contributed by atoms with Crippen LogP contribution in [-0.4, -0.2) is 73.9 Å². The molecule has 6 heterocycles. The summed E-state index contributed by atoms with van der Waals surface area (Å²) in [6.45, 7) is 5.98. The molecule has 282 valence electrons. The van der Waals surface area contributed by atoms with Crippen LogP contribution in [0.5, 0.6) is 0 Å². The van der Waals surface area contributed by atoms with Gasteiger partial charge in [-0.15, -0.1) is 22.7 Å². The molecule has 16 nitrogen and oxygen atoms in total. The zero-order valence-electron chi connectivity index (χ0n) is 29.5. The molecular weight excluding hydrogens is 780 g/mol. The normalized spacial score (nSPS) is 10.9. The van der Waals surface area contributed by atoms with Crippen LogP contribution in [0.3, 0.4) is 0 Å². The van der Waals surface area contributed by atoms with Crippen LogP contribution in [0.25, 0.3) is 28.1 Å². The van der Waals surface area contributed by atoms with Crippen LogP contribution in [0.1, 0.15) is 67.2 Å². The molecule has 0 bridgehead atoms. The quantitative estimate of drug-likeness (QED) is 0.113. The number of hydrogen-bond donors (Lipinski definition) is 4. The predicted octanol–water partition coefficient (Wildman–Crippen LogP) is 7.24. The third-order valence-corrected chi connectivity index (χ3v) is 10.4. The highest BCUT2D eigenvalue weighted by atomic mass is 35.5. The monoisotopic (exact) mass is 808 g/mol. The third-order valence-electron chi connectivity index (χ3n) is 7.71. The average molecular weight is 809 g/mol. The van der Waals surface area contributed by atoms with E-state index in [9.17, 15) is 29.4 Å². The molecule has 0 aliphatic heterocycles. The summed E-state index contributed by atoms with van der Waals surface area (Å²) in [6, 6.07) is 8.64. The van der Waals surface area contributed by atoms with E-state index < -0.39 is 23.8 Å². The number of benzene rings is 1. The van der Waals surface area contributed by atoms with E-state index in [2.05, 4.69) is 45.9 Å². The number of rotatable bonds is 9. The maximum absolute atomic E-state index is 12.7. The molecule has 0 saturated heterocycles. The first-order chi connectivity index (χ1) is 26.8. The topological polar surface area (TPSA) is 228 Å². The average Bonchev–Trinajstić information content (AvgIpc) is 3.94. The third kappa shape index (κ3) is 8.78. The van der Waals surface area contributed by atoms with E-state index in [-0.39, 0.29) is 37.8 Å². The zero-order valence-corrected chi connectivity index (χ0v) is 31.9. The van der Waals surface area contributed by atoms with Gasteiger partial charge < -0.3 is 20.8 Å². The smallest absolute Gasteiger partial charge is 0.339 e. The lowest BCUT2D eigenvalue weighted by Crippen LogP contribution is -2.15. The van der Waals surface area contributed by atoms with Crippen molar-refractivity contribution in [2.75, 3.05) is 10.6 Å². The summed E-state index contributed by atoms with van der Waals surface area (Å²) in [7, 11) is 0. The van der Waals surface area contributed by atoms with E-state index >= 15 is 0 Å². The minimum absolute atomic E-state index is 0.0119. The van der Waals surface area contributed by atoms with E-state index in [0.29, 0.717) is 27.4 Å². The fourth-order valence-corrected chi connectivity index (χ4v) is 7.52. The lowest BCUT2D eigenvalue weighted by molar-refractivity contribution is 0.0688. The molecule has 1 aromatic carbocycles. The van der Waals surface area contributed by atoms with Crippen molar-refractivity contribution >= 4 is 68.0 Å². The van der Waals surface area contributed by atoms with Crippen molar-refractivity contribution in [2.24, 2.45) is 0 Å². The van der Waals surface area contributed by atoms with Gasteiger partial charge in [-0.3, -0.25) is 24.5 Å². The molecule has 0 spiro atoms. The summed E-state index contributed by atoms with van der Waals surface area (Å²) in [6.07, 6.45) is 14.7. The second-order valence-electron chi connectivity index (χ2n) is 12.6. The number of halogens is 1. The fraction of sp³-hybridized carbons (Fsp3) is 0.108. The SMILES string of the molecule is CC(C)(C)c1sc(NC(=O)c2cnccn2)c(C(=O)O)c1-c1cnn(-c2ccc(Cl)cc2)c1.O=C(Nc1scc(-c2cnccn2)c1C(=O)O)c1ccnnc1. The first-order valence-corrected chi connectivity index (χ1v) is 18.4. The van der Waals surface area contributed by atoms with Crippen LogP contribution in [-0.2, 0) is 5.41 Å². The number of carboxylic acids is 2. The van der Waals surface area contributed by atoms with Gasteiger partial charge >= 0.3 is 11.9 Å². The largest absolute Gasteiger partial charge is 0.478 e. The number of carbonyl (C=O) groups is 4. The number of hydrogen-bond acceptors (Lipinski definition) is 13. The summed E-state index contributed by atoms with van der Waals surface area (Å²) < 4.78 is 1.65. The maximum Gasteiger partial charge on any atom is 0.339 e. The second-order valence-corrected chi connectivity index (χ2v) is 14.9. The molecule has 2 amide bonds. The van der Waals surface area contributed by atoms with E-state index in [1.807, 2.05) is 32.9 Å². The summed E-state index contributed by atoms with van der Waals surface area (Å²) in [5.41, 5.74) is 2.74. The highest BCUT2D eigenvalue weighted by molar-refractivity contribution is 7.17. The van der Waals surface area contributed by atoms with Crippen LogP contribution < -0.4 is 10.6 Å². The molecule has 0 aliphatic carbocycles. The van der Waals surface area contributed by atoms with Gasteiger partial charge in [0, 0.05) is 63.0 Å². The summed E-state index contributed by atoms with van der Waals surface area (Å²) in [5, 5.41) is 39.2. The van der Waals surface area contributed by atoms with Crippen molar-refractivity contribution in [3.63, 3.8) is 0 Å². The Labute approximate surface area is 331 Å². The Balaban J connectivity index is 0.000000202. The number of nitrogens with zero attached hydrogens (tertiary/aromatic N) is 8. The van der Waals surface area contributed by atoms with Gasteiger partial charge in [0.25, 0.3) is 11.8 Å². The van der Waals surface area contributed by atoms with Crippen LogP contribution in [0, 0.1) is 0 Å². The summed E-state index contributed by atoms with van der Waals surface area (Å²) in [4.78, 5) is 65.5. The minimum Gasteiger partial charge on any atom is -0.478 e. The standard InChI is InChI=1S/C23H20ClN5O3S.C14H9N5O3S/c1-23(2,3)19-17(13-10-27-29(12-13)15-6-4-14(24)5-7-15)18(22(31)32)21(33-19)28-20(30)16-11-25-8-9-26-16;20-12(8-1-2-17-18-5-8)19-13-11(14(21)22)9(7-23-13)10-6-15-3-4-16-10/h4-12H,1-3H3,(H,28,30)(H,31,32);1-7H,(H,19,20)(H,21,22). The van der Waals surface area contributed by atoms with Crippen molar-refractivity contribution < 1.29 is 29.4 Å². The van der Waals surface area contributed by atoms with Crippen LogP contribution in [0.2, 0.25) is 5.02 Å². The van der Waals surface area contributed by atoms with Crippen molar-refractivity contribution in [1.29, 1.82) is 0 Å². The summed E-state index contributed by atoms with van der Waals surface area (Å²) in [5.74, 6) is -3.30. The van der Waals surface area contributed by atoms with Crippen LogP contribution in [0.4, 0.5) is 10.0 Å². The molecule has 19 heteroatoms. The van der Waals surface area contributed by atoms with Crippen molar-refractivity contribution in [3.05, 3.63) is 130 Å². The van der Waals surface area contributed by atoms with Gasteiger partial charge in [0.05, 0.1) is 47.9 Å². The summed E-state index contributed by atoms with van der Waals surface area (Å²) >= 11 is 8.32. The maximum atomic E-state index is 12.7. The molecule has 0 fully saturated rings. The number of carboxylic acid groups (broad SMARTS) is 2. The number of thiophene rings is 2. The number of aromatic nitrogens is 8. The molecule has 56 heavy (non-hydrogen) atoms. The molecule has 0 atom stereocenters. The Morgan fingerprint density at radius 2 is 1.46 bits per heavy atom. The van der Waals surface area contributed by atoms with Gasteiger partial charge in [-0.2, -0.15) is 15.3 Å². The van der Waals surface area contributed by atoms with Gasteiger partial charge in [0.1, 0.15) is 26.8 Å². The fourth-order valence-electron chi connectivity index (χ4n) is 5.19. The highest BCUT2D eigenvalue weighted by Crippen LogP contribution is 2.46. The molecule has 7 rings (SSSR count). The highest BCUT2D eigenvalue weighted by Gasteiger charge is 2.32. The van der Waals surface area contributed by atoms with Crippen molar-refractivity contribution in [1.82, 2.24) is 39.9 Å². The van der Waals surface area contributed by atoms with Crippen LogP contribution >= 0.6 is 34.3 Å². The van der Waals surface area contributed by atoms with E-state index in [1.54, 1.807) is 34.6 Å². The molecule has 7 aromatic rings. The Kier molecular flexibility index (Phi) is 11.6. The molecule has 0 radical (unpaired) electrons. The molecule has 0 aliphatic rings. The first-order valence-electron chi connectivity index (χ1n) is 16.3. The molecule has 6 aromatic heterocycles. The number of amides is 2. The zero-order chi connectivity index (χ0) is 40.0. The Morgan fingerprint density at radius 3 is 2.07 bits per heavy atom. The van der Waals surface area contributed by atoms with Crippen LogP contribution in [0.15, 0.2) is 97.7 Å². The second kappa shape index (κ2) is 16.7. The number of aromatic carboxylic acids is 2. The van der Waals surface area contributed by atoms with Gasteiger partial charge in [0.15, 0.2) is 0 Å². The van der Waals surface area contributed by atoms with Gasteiger partial charge in [-0.1, -0.05) is 32.4 Å². The molecule has 4 N–H and O–H groups in total.